The quantitative estimate of drug-likeness (QED) is 0.736. The van der Waals surface area contributed by atoms with Gasteiger partial charge in [0.15, 0.2) is 0 Å². The maximum atomic E-state index is 3.48. The SMILES string of the molecule is Brc1ccc(CN2CC=CCC2)s1. The van der Waals surface area contributed by atoms with Crippen LogP contribution in [0.2, 0.25) is 0 Å². The molecule has 0 radical (unpaired) electrons. The van der Waals surface area contributed by atoms with Gasteiger partial charge in [-0.2, -0.15) is 0 Å². The Labute approximate surface area is 91.2 Å². The second-order valence-electron chi connectivity index (χ2n) is 3.20. The zero-order valence-electron chi connectivity index (χ0n) is 7.37. The van der Waals surface area contributed by atoms with Crippen molar-refractivity contribution in [1.82, 2.24) is 4.90 Å². The Bertz CT molecular complexity index is 306. The molecule has 1 aromatic heterocycles. The Balaban J connectivity index is 1.94. The first kappa shape index (κ1) is 9.44. The molecule has 0 bridgehead atoms. The fourth-order valence-electron chi connectivity index (χ4n) is 1.49. The topological polar surface area (TPSA) is 3.24 Å². The van der Waals surface area contributed by atoms with Gasteiger partial charge in [0, 0.05) is 24.5 Å². The van der Waals surface area contributed by atoms with Gasteiger partial charge in [0.2, 0.25) is 0 Å². The lowest BCUT2D eigenvalue weighted by Gasteiger charge is -2.21. The Kier molecular flexibility index (Phi) is 3.19. The first-order valence-electron chi connectivity index (χ1n) is 4.46. The second-order valence-corrected chi connectivity index (χ2v) is 5.75. The summed E-state index contributed by atoms with van der Waals surface area (Å²) < 4.78 is 1.23. The molecule has 0 saturated heterocycles. The summed E-state index contributed by atoms with van der Waals surface area (Å²) in [6, 6.07) is 4.33. The molecule has 0 saturated carbocycles. The van der Waals surface area contributed by atoms with E-state index >= 15 is 0 Å². The van der Waals surface area contributed by atoms with Gasteiger partial charge in [0.05, 0.1) is 3.79 Å². The highest BCUT2D eigenvalue weighted by Crippen LogP contribution is 2.23. The van der Waals surface area contributed by atoms with E-state index in [0.29, 0.717) is 0 Å². The van der Waals surface area contributed by atoms with Crippen molar-refractivity contribution in [3.8, 4) is 0 Å². The largest absolute Gasteiger partial charge is 0.294 e. The lowest BCUT2D eigenvalue weighted by molar-refractivity contribution is 0.293. The number of nitrogens with zero attached hydrogens (tertiary/aromatic N) is 1. The van der Waals surface area contributed by atoms with E-state index in [4.69, 9.17) is 0 Å². The molecule has 0 N–H and O–H groups in total. The van der Waals surface area contributed by atoms with Gasteiger partial charge in [-0.15, -0.1) is 11.3 Å². The minimum atomic E-state index is 1.10. The van der Waals surface area contributed by atoms with E-state index < -0.39 is 0 Å². The summed E-state index contributed by atoms with van der Waals surface area (Å²) in [4.78, 5) is 3.92. The van der Waals surface area contributed by atoms with Crippen LogP contribution in [0.5, 0.6) is 0 Å². The monoisotopic (exact) mass is 257 g/mol. The molecule has 1 aromatic rings. The van der Waals surface area contributed by atoms with Crippen LogP contribution in [0.15, 0.2) is 28.1 Å². The lowest BCUT2D eigenvalue weighted by Crippen LogP contribution is -2.26. The van der Waals surface area contributed by atoms with Gasteiger partial charge in [0.1, 0.15) is 0 Å². The van der Waals surface area contributed by atoms with Crippen LogP contribution < -0.4 is 0 Å². The molecular formula is C10H12BrNS. The average molecular weight is 258 g/mol. The van der Waals surface area contributed by atoms with Crippen LogP contribution in [0.3, 0.4) is 0 Å². The molecule has 2 rings (SSSR count). The van der Waals surface area contributed by atoms with Gasteiger partial charge in [0.25, 0.3) is 0 Å². The fourth-order valence-corrected chi connectivity index (χ4v) is 3.02. The van der Waals surface area contributed by atoms with Crippen LogP contribution >= 0.6 is 27.3 Å². The zero-order chi connectivity index (χ0) is 9.10. The second kappa shape index (κ2) is 4.40. The highest BCUT2D eigenvalue weighted by atomic mass is 79.9. The van der Waals surface area contributed by atoms with E-state index in [0.717, 1.165) is 13.1 Å². The predicted octanol–water partition coefficient (Wildman–Crippen LogP) is 3.27. The van der Waals surface area contributed by atoms with E-state index in [2.05, 4.69) is 45.1 Å². The molecule has 0 aromatic carbocycles. The molecule has 0 unspecified atom stereocenters. The van der Waals surface area contributed by atoms with Gasteiger partial charge < -0.3 is 0 Å². The third-order valence-corrected chi connectivity index (χ3v) is 3.76. The maximum absolute atomic E-state index is 3.48. The smallest absolute Gasteiger partial charge is 0.0701 e. The van der Waals surface area contributed by atoms with E-state index in [1.807, 2.05) is 11.3 Å². The Morgan fingerprint density at radius 1 is 1.38 bits per heavy atom. The summed E-state index contributed by atoms with van der Waals surface area (Å²) in [5, 5.41) is 0. The molecule has 0 spiro atoms. The third-order valence-electron chi connectivity index (χ3n) is 2.15. The summed E-state index contributed by atoms with van der Waals surface area (Å²) in [6.45, 7) is 3.40. The van der Waals surface area contributed by atoms with Crippen LogP contribution in [0.1, 0.15) is 11.3 Å². The number of hydrogen-bond acceptors (Lipinski definition) is 2. The number of hydrogen-bond donors (Lipinski definition) is 0. The van der Waals surface area contributed by atoms with Crippen molar-refractivity contribution < 1.29 is 0 Å². The predicted molar refractivity (Wildman–Crippen MR) is 61.1 cm³/mol. The Morgan fingerprint density at radius 2 is 2.31 bits per heavy atom. The normalized spacial score (nSPS) is 17.9. The first-order chi connectivity index (χ1) is 6.34. The summed E-state index contributed by atoms with van der Waals surface area (Å²) in [5.74, 6) is 0. The molecule has 2 heterocycles. The molecule has 1 aliphatic rings. The molecule has 0 fully saturated rings. The van der Waals surface area contributed by atoms with Crippen molar-refractivity contribution in [3.63, 3.8) is 0 Å². The molecule has 70 valence electrons. The average Bonchev–Trinajstić information content (AvgIpc) is 2.53. The van der Waals surface area contributed by atoms with Crippen LogP contribution in [-0.4, -0.2) is 18.0 Å². The minimum Gasteiger partial charge on any atom is -0.294 e. The molecular weight excluding hydrogens is 246 g/mol. The standard InChI is InChI=1S/C10H12BrNS/c11-10-5-4-9(13-10)8-12-6-2-1-3-7-12/h1-2,4-5H,3,6-8H2. The molecule has 0 amide bonds. The summed E-state index contributed by atoms with van der Waals surface area (Å²) in [5.41, 5.74) is 0. The molecule has 1 nitrogen and oxygen atoms in total. The minimum absolute atomic E-state index is 1.10. The van der Waals surface area contributed by atoms with Gasteiger partial charge in [-0.1, -0.05) is 12.2 Å². The van der Waals surface area contributed by atoms with E-state index in [1.54, 1.807) is 0 Å². The van der Waals surface area contributed by atoms with Gasteiger partial charge in [-0.05, 0) is 34.5 Å². The highest BCUT2D eigenvalue weighted by Gasteiger charge is 2.07. The van der Waals surface area contributed by atoms with Gasteiger partial charge >= 0.3 is 0 Å². The van der Waals surface area contributed by atoms with E-state index in [9.17, 15) is 0 Å². The number of thiophene rings is 1. The van der Waals surface area contributed by atoms with Crippen molar-refractivity contribution >= 4 is 27.3 Å². The fraction of sp³-hybridized carbons (Fsp3) is 0.400. The summed E-state index contributed by atoms with van der Waals surface area (Å²) in [7, 11) is 0. The lowest BCUT2D eigenvalue weighted by atomic mass is 10.2. The maximum Gasteiger partial charge on any atom is 0.0701 e. The van der Waals surface area contributed by atoms with Crippen LogP contribution in [-0.2, 0) is 6.54 Å². The van der Waals surface area contributed by atoms with Crippen molar-refractivity contribution in [2.75, 3.05) is 13.1 Å². The van der Waals surface area contributed by atoms with E-state index in [1.165, 1.54) is 21.6 Å². The summed E-state index contributed by atoms with van der Waals surface area (Å²) >= 11 is 5.32. The first-order valence-corrected chi connectivity index (χ1v) is 6.07. The summed E-state index contributed by atoms with van der Waals surface area (Å²) in [6.07, 6.45) is 5.72. The van der Waals surface area contributed by atoms with Gasteiger partial charge in [-0.3, -0.25) is 4.90 Å². The van der Waals surface area contributed by atoms with Crippen molar-refractivity contribution in [2.45, 2.75) is 13.0 Å². The Hall–Kier alpha value is -0.120. The molecule has 3 heteroatoms. The van der Waals surface area contributed by atoms with Crippen LogP contribution in [0.25, 0.3) is 0 Å². The van der Waals surface area contributed by atoms with Crippen molar-refractivity contribution in [1.29, 1.82) is 0 Å². The van der Waals surface area contributed by atoms with E-state index in [-0.39, 0.29) is 0 Å². The molecule has 13 heavy (non-hydrogen) atoms. The third kappa shape index (κ3) is 2.66. The number of halogens is 1. The molecule has 1 aliphatic heterocycles. The zero-order valence-corrected chi connectivity index (χ0v) is 9.77. The van der Waals surface area contributed by atoms with Crippen molar-refractivity contribution in [2.24, 2.45) is 0 Å². The highest BCUT2D eigenvalue weighted by molar-refractivity contribution is 9.11. The number of rotatable bonds is 2. The van der Waals surface area contributed by atoms with Crippen molar-refractivity contribution in [3.05, 3.63) is 32.9 Å². The Morgan fingerprint density at radius 3 is 2.92 bits per heavy atom. The van der Waals surface area contributed by atoms with Crippen LogP contribution in [0, 0.1) is 0 Å². The van der Waals surface area contributed by atoms with Crippen LogP contribution in [0.4, 0.5) is 0 Å². The molecule has 0 atom stereocenters. The van der Waals surface area contributed by atoms with Gasteiger partial charge in [-0.25, -0.2) is 0 Å². The molecule has 0 aliphatic carbocycles.